The zero-order chi connectivity index (χ0) is 18.0. The molecule has 3 nitrogen and oxygen atoms in total. The number of unbranched alkanes of at least 4 members (excludes halogenated alkanes) is 1. The molecule has 1 atom stereocenters. The van der Waals surface area contributed by atoms with Crippen molar-refractivity contribution in [2.45, 2.75) is 38.5 Å². The van der Waals surface area contributed by atoms with Crippen LogP contribution < -0.4 is 14.8 Å². The second-order valence-corrected chi connectivity index (χ2v) is 7.19. The van der Waals surface area contributed by atoms with Crippen molar-refractivity contribution in [1.29, 1.82) is 0 Å². The van der Waals surface area contributed by atoms with Crippen LogP contribution in [0.1, 0.15) is 36.8 Å². The van der Waals surface area contributed by atoms with Crippen molar-refractivity contribution in [2.75, 3.05) is 26.8 Å². The maximum atomic E-state index is 6.17. The molecule has 0 radical (unpaired) electrons. The second-order valence-electron chi connectivity index (χ2n) is 7.19. The molecule has 0 aliphatic carbocycles. The van der Waals surface area contributed by atoms with Crippen LogP contribution in [0.5, 0.6) is 11.5 Å². The van der Waals surface area contributed by atoms with E-state index < -0.39 is 0 Å². The Balaban J connectivity index is 0.00000261. The Morgan fingerprint density at radius 1 is 1.04 bits per heavy atom. The molecule has 0 bridgehead atoms. The second kappa shape index (κ2) is 11.9. The minimum Gasteiger partial charge on any atom is -0.497 e. The molecule has 0 unspecified atom stereocenters. The average molecular weight is 390 g/mol. The summed E-state index contributed by atoms with van der Waals surface area (Å²) < 4.78 is 11.5. The van der Waals surface area contributed by atoms with E-state index >= 15 is 0 Å². The number of ether oxygens (including phenoxy) is 2. The Labute approximate surface area is 169 Å². The number of aryl methyl sites for hydroxylation is 2. The molecule has 1 heterocycles. The summed E-state index contributed by atoms with van der Waals surface area (Å²) in [4.78, 5) is 0. The molecular weight excluding hydrogens is 358 g/mol. The minimum atomic E-state index is 0. The largest absolute Gasteiger partial charge is 0.497 e. The molecule has 0 amide bonds. The van der Waals surface area contributed by atoms with Gasteiger partial charge in [-0.3, -0.25) is 0 Å². The molecule has 2 aromatic carbocycles. The zero-order valence-electron chi connectivity index (χ0n) is 16.3. The fraction of sp³-hybridized carbons (Fsp3) is 0.478. The number of hydrogen-bond donors (Lipinski definition) is 1. The van der Waals surface area contributed by atoms with Gasteiger partial charge in [0, 0.05) is 12.5 Å². The lowest BCUT2D eigenvalue weighted by molar-refractivity contribution is 0.217. The number of halogens is 1. The van der Waals surface area contributed by atoms with Gasteiger partial charge in [-0.2, -0.15) is 0 Å². The number of benzene rings is 2. The fourth-order valence-corrected chi connectivity index (χ4v) is 3.60. The normalized spacial score (nSPS) is 16.4. The third kappa shape index (κ3) is 7.08. The van der Waals surface area contributed by atoms with E-state index in [4.69, 9.17) is 9.47 Å². The summed E-state index contributed by atoms with van der Waals surface area (Å²) in [5.41, 5.74) is 2.68. The van der Waals surface area contributed by atoms with Gasteiger partial charge in [0.05, 0.1) is 13.7 Å². The van der Waals surface area contributed by atoms with Crippen molar-refractivity contribution >= 4 is 12.4 Å². The van der Waals surface area contributed by atoms with Crippen molar-refractivity contribution < 1.29 is 9.47 Å². The molecule has 4 heteroatoms. The number of methoxy groups -OCH3 is 1. The summed E-state index contributed by atoms with van der Waals surface area (Å²) in [5, 5.41) is 3.46. The molecule has 148 valence electrons. The van der Waals surface area contributed by atoms with Gasteiger partial charge in [-0.25, -0.2) is 0 Å². The van der Waals surface area contributed by atoms with Gasteiger partial charge in [-0.1, -0.05) is 30.3 Å². The van der Waals surface area contributed by atoms with E-state index in [0.717, 1.165) is 44.0 Å². The van der Waals surface area contributed by atoms with Crippen LogP contribution >= 0.6 is 12.4 Å². The lowest BCUT2D eigenvalue weighted by atomic mass is 10.0. The van der Waals surface area contributed by atoms with Crippen LogP contribution in [0.3, 0.4) is 0 Å². The van der Waals surface area contributed by atoms with Gasteiger partial charge in [0.25, 0.3) is 0 Å². The molecule has 27 heavy (non-hydrogen) atoms. The van der Waals surface area contributed by atoms with E-state index in [9.17, 15) is 0 Å². The average Bonchev–Trinajstić information content (AvgIpc) is 2.71. The summed E-state index contributed by atoms with van der Waals surface area (Å²) in [6, 6.07) is 16.9. The van der Waals surface area contributed by atoms with E-state index in [0.29, 0.717) is 5.92 Å². The number of nitrogens with one attached hydrogen (secondary N) is 1. The maximum Gasteiger partial charge on any atom is 0.122 e. The number of hydrogen-bond acceptors (Lipinski definition) is 3. The van der Waals surface area contributed by atoms with E-state index in [-0.39, 0.29) is 12.4 Å². The van der Waals surface area contributed by atoms with Gasteiger partial charge in [0.15, 0.2) is 0 Å². The van der Waals surface area contributed by atoms with Crippen LogP contribution in [0.15, 0.2) is 48.5 Å². The SMILES string of the molecule is COc1cccc(CCCCc2ccccc2OC[C@H]2CCCNC2)c1.Cl. The monoisotopic (exact) mass is 389 g/mol. The van der Waals surface area contributed by atoms with E-state index in [2.05, 4.69) is 47.8 Å². The molecular formula is C23H32ClNO2. The van der Waals surface area contributed by atoms with Gasteiger partial charge in [-0.05, 0) is 74.4 Å². The highest BCUT2D eigenvalue weighted by Gasteiger charge is 2.14. The smallest absolute Gasteiger partial charge is 0.122 e. The van der Waals surface area contributed by atoms with Crippen LogP contribution in [0.2, 0.25) is 0 Å². The summed E-state index contributed by atoms with van der Waals surface area (Å²) in [6.45, 7) is 3.07. The highest BCUT2D eigenvalue weighted by molar-refractivity contribution is 5.85. The molecule has 1 fully saturated rings. The molecule has 1 saturated heterocycles. The predicted molar refractivity (Wildman–Crippen MR) is 114 cm³/mol. The van der Waals surface area contributed by atoms with Crippen LogP contribution in [0.25, 0.3) is 0 Å². The standard InChI is InChI=1S/C23H31NO2.ClH/c1-25-22-13-6-9-19(16-22)8-2-3-11-21-12-4-5-14-23(21)26-18-20-10-7-15-24-17-20;/h4-6,9,12-14,16,20,24H,2-3,7-8,10-11,15,17-18H2,1H3;1H/t20-;/m0./s1. The fourth-order valence-electron chi connectivity index (χ4n) is 3.60. The van der Waals surface area contributed by atoms with Crippen LogP contribution in [0, 0.1) is 5.92 Å². The van der Waals surface area contributed by atoms with Crippen molar-refractivity contribution in [1.82, 2.24) is 5.32 Å². The quantitative estimate of drug-likeness (QED) is 0.608. The summed E-state index contributed by atoms with van der Waals surface area (Å²) in [7, 11) is 1.72. The Morgan fingerprint density at radius 2 is 1.89 bits per heavy atom. The lowest BCUT2D eigenvalue weighted by Crippen LogP contribution is -2.33. The van der Waals surface area contributed by atoms with Crippen LogP contribution in [-0.4, -0.2) is 26.8 Å². The highest BCUT2D eigenvalue weighted by atomic mass is 35.5. The molecule has 3 rings (SSSR count). The summed E-state index contributed by atoms with van der Waals surface area (Å²) in [5.74, 6) is 2.66. The zero-order valence-corrected chi connectivity index (χ0v) is 17.1. The Kier molecular flexibility index (Phi) is 9.51. The Hall–Kier alpha value is -1.71. The van der Waals surface area contributed by atoms with Crippen LogP contribution in [-0.2, 0) is 12.8 Å². The first kappa shape index (κ1) is 21.6. The number of piperidine rings is 1. The van der Waals surface area contributed by atoms with Gasteiger partial charge in [0.2, 0.25) is 0 Å². The summed E-state index contributed by atoms with van der Waals surface area (Å²) >= 11 is 0. The molecule has 0 spiro atoms. The maximum absolute atomic E-state index is 6.17. The van der Waals surface area contributed by atoms with Gasteiger partial charge in [-0.15, -0.1) is 12.4 Å². The third-order valence-corrected chi connectivity index (χ3v) is 5.14. The van der Waals surface area contributed by atoms with Crippen molar-refractivity contribution in [3.8, 4) is 11.5 Å². The first-order valence-corrected chi connectivity index (χ1v) is 9.89. The van der Waals surface area contributed by atoms with Crippen molar-refractivity contribution in [2.24, 2.45) is 5.92 Å². The summed E-state index contributed by atoms with van der Waals surface area (Å²) in [6.07, 6.45) is 7.04. The number of para-hydroxylation sites is 1. The first-order chi connectivity index (χ1) is 12.8. The molecule has 0 aromatic heterocycles. The van der Waals surface area contributed by atoms with Crippen LogP contribution in [0.4, 0.5) is 0 Å². The van der Waals surface area contributed by atoms with E-state index in [1.54, 1.807) is 7.11 Å². The Morgan fingerprint density at radius 3 is 2.70 bits per heavy atom. The molecule has 1 aliphatic heterocycles. The van der Waals surface area contributed by atoms with E-state index in [1.807, 2.05) is 6.07 Å². The molecule has 1 aliphatic rings. The third-order valence-electron chi connectivity index (χ3n) is 5.14. The lowest BCUT2D eigenvalue weighted by Gasteiger charge is -2.23. The molecule has 0 saturated carbocycles. The highest BCUT2D eigenvalue weighted by Crippen LogP contribution is 2.23. The predicted octanol–water partition coefficient (Wildman–Crippen LogP) is 5.06. The van der Waals surface area contributed by atoms with Gasteiger partial charge < -0.3 is 14.8 Å². The van der Waals surface area contributed by atoms with Gasteiger partial charge in [0.1, 0.15) is 11.5 Å². The van der Waals surface area contributed by atoms with E-state index in [1.165, 1.54) is 36.8 Å². The topological polar surface area (TPSA) is 30.5 Å². The molecule has 1 N–H and O–H groups in total. The molecule has 2 aromatic rings. The van der Waals surface area contributed by atoms with Gasteiger partial charge >= 0.3 is 0 Å². The Bertz CT molecular complexity index is 671. The minimum absolute atomic E-state index is 0. The van der Waals surface area contributed by atoms with Crippen molar-refractivity contribution in [3.05, 3.63) is 59.7 Å². The first-order valence-electron chi connectivity index (χ1n) is 9.89. The van der Waals surface area contributed by atoms with Crippen molar-refractivity contribution in [3.63, 3.8) is 0 Å². The number of rotatable bonds is 9.